The maximum atomic E-state index is 12.4. The molecule has 2 heterocycles. The summed E-state index contributed by atoms with van der Waals surface area (Å²) in [5, 5.41) is 8.85. The third kappa shape index (κ3) is 2.87. The Labute approximate surface area is 149 Å². The van der Waals surface area contributed by atoms with Crippen LogP contribution in [0, 0.1) is 0 Å². The minimum absolute atomic E-state index is 0.0288. The fraction of sp³-hybridized carbons (Fsp3) is 0.100. The average Bonchev–Trinajstić information content (AvgIpc) is 3.08. The van der Waals surface area contributed by atoms with Gasteiger partial charge in [0.1, 0.15) is 23.4 Å². The van der Waals surface area contributed by atoms with E-state index >= 15 is 0 Å². The topological polar surface area (TPSA) is 80.1 Å². The van der Waals surface area contributed by atoms with Crippen LogP contribution in [0.1, 0.15) is 0 Å². The summed E-state index contributed by atoms with van der Waals surface area (Å²) in [4.78, 5) is 19.5. The van der Waals surface area contributed by atoms with Crippen LogP contribution >= 0.6 is 0 Å². The van der Waals surface area contributed by atoms with Gasteiger partial charge in [0.2, 0.25) is 0 Å². The third-order valence-corrected chi connectivity index (χ3v) is 4.14. The number of nitrogens with one attached hydrogen (secondary N) is 1. The predicted octanol–water partition coefficient (Wildman–Crippen LogP) is 2.75. The van der Waals surface area contributed by atoms with Gasteiger partial charge in [-0.15, -0.1) is 0 Å². The Bertz CT molecular complexity index is 1080. The van der Waals surface area contributed by atoms with Crippen LogP contribution in [0.5, 0.6) is 5.75 Å². The van der Waals surface area contributed by atoms with Crippen LogP contribution in [-0.4, -0.2) is 32.9 Å². The second-order valence-corrected chi connectivity index (χ2v) is 5.77. The lowest BCUT2D eigenvalue weighted by molar-refractivity contribution is 0.201. The number of hydrogen-bond acceptors (Lipinski definition) is 4. The summed E-state index contributed by atoms with van der Waals surface area (Å²) >= 11 is 0. The zero-order valence-electron chi connectivity index (χ0n) is 13.9. The predicted molar refractivity (Wildman–Crippen MR) is 99.7 cm³/mol. The zero-order valence-corrected chi connectivity index (χ0v) is 13.9. The zero-order chi connectivity index (χ0) is 17.9. The fourth-order valence-corrected chi connectivity index (χ4v) is 2.97. The smallest absolute Gasteiger partial charge is 0.275 e. The van der Waals surface area contributed by atoms with Crippen molar-refractivity contribution in [2.45, 2.75) is 0 Å². The number of rotatable bonds is 5. The Morgan fingerprint density at radius 1 is 1.08 bits per heavy atom. The lowest BCUT2D eigenvalue weighted by Crippen LogP contribution is -2.09. The van der Waals surface area contributed by atoms with E-state index in [9.17, 15) is 4.79 Å². The number of aromatic nitrogens is 3. The number of para-hydroxylation sites is 1. The van der Waals surface area contributed by atoms with Crippen LogP contribution in [0.15, 0.2) is 71.9 Å². The van der Waals surface area contributed by atoms with Crippen LogP contribution < -0.4 is 10.3 Å². The van der Waals surface area contributed by atoms with Crippen molar-refractivity contribution < 1.29 is 9.84 Å². The van der Waals surface area contributed by atoms with Gasteiger partial charge in [0.25, 0.3) is 5.56 Å². The summed E-state index contributed by atoms with van der Waals surface area (Å²) in [6.07, 6.45) is 3.34. The van der Waals surface area contributed by atoms with E-state index in [1.54, 1.807) is 0 Å². The molecule has 2 N–H and O–H groups in total. The molecular weight excluding hydrogens is 330 g/mol. The van der Waals surface area contributed by atoms with Gasteiger partial charge in [-0.2, -0.15) is 0 Å². The van der Waals surface area contributed by atoms with E-state index in [1.165, 1.54) is 6.33 Å². The highest BCUT2D eigenvalue weighted by molar-refractivity contribution is 5.93. The molecule has 0 radical (unpaired) electrons. The number of hydrogen-bond donors (Lipinski definition) is 2. The number of benzene rings is 2. The van der Waals surface area contributed by atoms with Crippen molar-refractivity contribution in [1.82, 2.24) is 14.5 Å². The second-order valence-electron chi connectivity index (χ2n) is 5.77. The number of ether oxygens (including phenoxy) is 1. The summed E-state index contributed by atoms with van der Waals surface area (Å²) < 4.78 is 7.26. The van der Waals surface area contributed by atoms with Crippen LogP contribution in [0.2, 0.25) is 0 Å². The van der Waals surface area contributed by atoms with E-state index in [2.05, 4.69) is 9.97 Å². The van der Waals surface area contributed by atoms with Gasteiger partial charge in [0.05, 0.1) is 12.9 Å². The van der Waals surface area contributed by atoms with Gasteiger partial charge >= 0.3 is 0 Å². The molecule has 4 rings (SSSR count). The Morgan fingerprint density at radius 2 is 1.85 bits per heavy atom. The van der Waals surface area contributed by atoms with Gasteiger partial charge in [-0.05, 0) is 29.8 Å². The summed E-state index contributed by atoms with van der Waals surface area (Å²) in [6, 6.07) is 17.2. The van der Waals surface area contributed by atoms with Crippen LogP contribution in [0.25, 0.3) is 27.8 Å². The molecule has 6 nitrogen and oxygen atoms in total. The first-order valence-corrected chi connectivity index (χ1v) is 8.26. The Kier molecular flexibility index (Phi) is 4.25. The van der Waals surface area contributed by atoms with Crippen LogP contribution in [-0.2, 0) is 0 Å². The highest BCUT2D eigenvalue weighted by atomic mass is 16.5. The Hall–Kier alpha value is -3.38. The molecule has 4 aromatic rings. The lowest BCUT2D eigenvalue weighted by Gasteiger charge is -2.05. The molecule has 0 spiro atoms. The molecule has 0 saturated heterocycles. The maximum absolute atomic E-state index is 12.4. The minimum Gasteiger partial charge on any atom is -0.491 e. The number of aliphatic hydroxyl groups excluding tert-OH is 1. The molecule has 130 valence electrons. The van der Waals surface area contributed by atoms with Crippen LogP contribution in [0.4, 0.5) is 0 Å². The first-order valence-electron chi connectivity index (χ1n) is 8.26. The Balaban J connectivity index is 1.86. The fourth-order valence-electron chi connectivity index (χ4n) is 2.97. The summed E-state index contributed by atoms with van der Waals surface area (Å²) in [5.41, 5.74) is 3.65. The van der Waals surface area contributed by atoms with Gasteiger partial charge in [-0.25, -0.2) is 4.98 Å². The average molecular weight is 347 g/mol. The molecule has 0 aliphatic carbocycles. The van der Waals surface area contributed by atoms with Gasteiger partial charge in [-0.3, -0.25) is 4.79 Å². The molecule has 26 heavy (non-hydrogen) atoms. The first kappa shape index (κ1) is 16.1. The molecule has 0 saturated carbocycles. The van der Waals surface area contributed by atoms with Crippen molar-refractivity contribution >= 4 is 11.0 Å². The molecule has 0 atom stereocenters. The van der Waals surface area contributed by atoms with Crippen molar-refractivity contribution in [3.05, 3.63) is 77.5 Å². The largest absolute Gasteiger partial charge is 0.491 e. The molecule has 0 aliphatic rings. The lowest BCUT2D eigenvalue weighted by atomic mass is 10.1. The molecule has 0 amide bonds. The van der Waals surface area contributed by atoms with Crippen molar-refractivity contribution in [3.8, 4) is 22.6 Å². The third-order valence-electron chi connectivity index (χ3n) is 4.14. The van der Waals surface area contributed by atoms with Crippen molar-refractivity contribution in [2.75, 3.05) is 13.2 Å². The second kappa shape index (κ2) is 6.85. The van der Waals surface area contributed by atoms with Gasteiger partial charge < -0.3 is 19.4 Å². The van der Waals surface area contributed by atoms with E-state index < -0.39 is 0 Å². The maximum Gasteiger partial charge on any atom is 0.275 e. The summed E-state index contributed by atoms with van der Waals surface area (Å²) in [6.45, 7) is 0.225. The molecule has 2 aromatic heterocycles. The van der Waals surface area contributed by atoms with Crippen molar-refractivity contribution in [3.63, 3.8) is 0 Å². The molecule has 2 aromatic carbocycles. The van der Waals surface area contributed by atoms with E-state index in [1.807, 2.05) is 65.4 Å². The molecule has 0 bridgehead atoms. The number of fused-ring (bicyclic) bond motifs is 1. The van der Waals surface area contributed by atoms with Gasteiger partial charge in [0.15, 0.2) is 0 Å². The highest BCUT2D eigenvalue weighted by Gasteiger charge is 2.15. The normalized spacial score (nSPS) is 11.0. The summed E-state index contributed by atoms with van der Waals surface area (Å²) in [7, 11) is 0. The van der Waals surface area contributed by atoms with Crippen LogP contribution in [0.3, 0.4) is 0 Å². The molecule has 0 aliphatic heterocycles. The molecule has 0 unspecified atom stereocenters. The van der Waals surface area contributed by atoms with Crippen molar-refractivity contribution in [1.29, 1.82) is 0 Å². The number of nitrogens with zero attached hydrogens (tertiary/aromatic N) is 2. The van der Waals surface area contributed by atoms with E-state index in [-0.39, 0.29) is 18.8 Å². The molecular formula is C20H17N3O3. The number of aromatic amines is 1. The summed E-state index contributed by atoms with van der Waals surface area (Å²) in [5.74, 6) is 0.681. The SMILES string of the molecule is O=c1[nH]cnc2c(-c3ccc(OCCO)cc3)cn(-c3ccccc3)c12. The number of H-pyrrole nitrogens is 1. The monoisotopic (exact) mass is 347 g/mol. The van der Waals surface area contributed by atoms with Gasteiger partial charge in [0, 0.05) is 17.4 Å². The van der Waals surface area contributed by atoms with E-state index in [4.69, 9.17) is 9.84 Å². The molecule has 0 fully saturated rings. The van der Waals surface area contributed by atoms with E-state index in [0.717, 1.165) is 16.8 Å². The standard InChI is InChI=1S/C20H17N3O3/c24-10-11-26-16-8-6-14(7-9-16)17-12-23(15-4-2-1-3-5-15)19-18(17)21-13-22-20(19)25/h1-9,12-13,24H,10-11H2,(H,21,22,25). The Morgan fingerprint density at radius 3 is 2.58 bits per heavy atom. The first-order chi connectivity index (χ1) is 12.8. The molecule has 6 heteroatoms. The highest BCUT2D eigenvalue weighted by Crippen LogP contribution is 2.30. The van der Waals surface area contributed by atoms with E-state index in [0.29, 0.717) is 16.8 Å². The quantitative estimate of drug-likeness (QED) is 0.582. The number of aliphatic hydroxyl groups is 1. The minimum atomic E-state index is -0.187. The van der Waals surface area contributed by atoms with Crippen molar-refractivity contribution in [2.24, 2.45) is 0 Å². The van der Waals surface area contributed by atoms with Gasteiger partial charge in [-0.1, -0.05) is 30.3 Å².